The highest BCUT2D eigenvalue weighted by Crippen LogP contribution is 2.25. The molecule has 0 fully saturated rings. The van der Waals surface area contributed by atoms with Crippen LogP contribution in [-0.4, -0.2) is 33.8 Å². The molecule has 1 heterocycles. The van der Waals surface area contributed by atoms with Gasteiger partial charge in [-0.2, -0.15) is 0 Å². The molecule has 0 saturated heterocycles. The van der Waals surface area contributed by atoms with Crippen LogP contribution in [-0.2, 0) is 4.74 Å². The quantitative estimate of drug-likeness (QED) is 0.815. The Balaban J connectivity index is 2.41. The number of nitrogens with one attached hydrogen (secondary N) is 2. The van der Waals surface area contributed by atoms with Crippen LogP contribution < -0.4 is 15.4 Å². The van der Waals surface area contributed by atoms with Gasteiger partial charge in [0.05, 0.1) is 14.2 Å². The monoisotopic (exact) mass is 300 g/mol. The largest absolute Gasteiger partial charge is 0.496 e. The van der Waals surface area contributed by atoms with Crippen molar-refractivity contribution >= 4 is 12.0 Å². The summed E-state index contributed by atoms with van der Waals surface area (Å²) in [5.74, 6) is 1.02. The summed E-state index contributed by atoms with van der Waals surface area (Å²) < 4.78 is 10.1. The number of carbonyl (C=O) groups excluding carboxylic acids is 1. The highest BCUT2D eigenvalue weighted by Gasteiger charge is 2.16. The zero-order valence-electron chi connectivity index (χ0n) is 13.0. The molecule has 116 valence electrons. The van der Waals surface area contributed by atoms with Gasteiger partial charge in [-0.05, 0) is 11.6 Å². The predicted octanol–water partition coefficient (Wildman–Crippen LogP) is 2.09. The molecule has 1 aliphatic heterocycles. The van der Waals surface area contributed by atoms with Gasteiger partial charge in [-0.3, -0.25) is 0 Å². The van der Waals surface area contributed by atoms with Gasteiger partial charge in [-0.15, -0.1) is 0 Å². The standard InChI is InChI=1S/C17H20N2O3/c1-18-16-13(7-5-11-19-16)10-9-12-6-4-8-14(21-2)15(12)17(20)22-3/h4-10,18-19H,11H2,1-3H3/b10-9+. The van der Waals surface area contributed by atoms with Crippen molar-refractivity contribution in [2.75, 3.05) is 27.8 Å². The number of hydrogen-bond acceptors (Lipinski definition) is 5. The van der Waals surface area contributed by atoms with Crippen molar-refractivity contribution in [1.82, 2.24) is 10.6 Å². The summed E-state index contributed by atoms with van der Waals surface area (Å²) in [6.45, 7) is 0.792. The lowest BCUT2D eigenvalue weighted by Crippen LogP contribution is -2.27. The van der Waals surface area contributed by atoms with Crippen LogP contribution in [0.4, 0.5) is 0 Å². The Morgan fingerprint density at radius 1 is 1.32 bits per heavy atom. The first-order valence-electron chi connectivity index (χ1n) is 6.97. The molecule has 0 atom stereocenters. The molecule has 22 heavy (non-hydrogen) atoms. The van der Waals surface area contributed by atoms with Gasteiger partial charge in [0.2, 0.25) is 0 Å². The Labute approximate surface area is 130 Å². The van der Waals surface area contributed by atoms with E-state index in [1.807, 2.05) is 43.5 Å². The van der Waals surface area contributed by atoms with Crippen LogP contribution in [0, 0.1) is 0 Å². The zero-order chi connectivity index (χ0) is 15.9. The number of allylic oxidation sites excluding steroid dienone is 3. The molecule has 0 spiro atoms. The summed E-state index contributed by atoms with van der Waals surface area (Å²) in [4.78, 5) is 12.0. The van der Waals surface area contributed by atoms with Crippen LogP contribution in [0.3, 0.4) is 0 Å². The lowest BCUT2D eigenvalue weighted by Gasteiger charge is -2.15. The number of methoxy groups -OCH3 is 2. The molecule has 5 nitrogen and oxygen atoms in total. The molecule has 1 aliphatic rings. The van der Waals surface area contributed by atoms with Gasteiger partial charge in [-0.25, -0.2) is 4.79 Å². The van der Waals surface area contributed by atoms with Crippen LogP contribution in [0.15, 0.2) is 47.8 Å². The van der Waals surface area contributed by atoms with Gasteiger partial charge in [0, 0.05) is 19.2 Å². The third kappa shape index (κ3) is 3.31. The van der Waals surface area contributed by atoms with E-state index in [0.29, 0.717) is 11.3 Å². The molecular formula is C17H20N2O3. The molecule has 5 heteroatoms. The van der Waals surface area contributed by atoms with E-state index in [1.54, 1.807) is 6.07 Å². The molecular weight excluding hydrogens is 280 g/mol. The maximum absolute atomic E-state index is 12.0. The Morgan fingerprint density at radius 2 is 2.14 bits per heavy atom. The van der Waals surface area contributed by atoms with Crippen LogP contribution in [0.1, 0.15) is 15.9 Å². The molecule has 0 unspecified atom stereocenters. The van der Waals surface area contributed by atoms with E-state index in [2.05, 4.69) is 10.6 Å². The average molecular weight is 300 g/mol. The van der Waals surface area contributed by atoms with Crippen molar-refractivity contribution in [3.8, 4) is 5.75 Å². The van der Waals surface area contributed by atoms with Gasteiger partial charge in [0.1, 0.15) is 17.1 Å². The van der Waals surface area contributed by atoms with Gasteiger partial charge in [-0.1, -0.05) is 36.4 Å². The van der Waals surface area contributed by atoms with Crippen LogP contribution >= 0.6 is 0 Å². The Bertz CT molecular complexity index is 645. The summed E-state index contributed by atoms with van der Waals surface area (Å²) >= 11 is 0. The van der Waals surface area contributed by atoms with E-state index < -0.39 is 5.97 Å². The first-order chi connectivity index (χ1) is 10.7. The van der Waals surface area contributed by atoms with E-state index in [4.69, 9.17) is 9.47 Å². The van der Waals surface area contributed by atoms with E-state index in [-0.39, 0.29) is 0 Å². The molecule has 0 amide bonds. The van der Waals surface area contributed by atoms with E-state index in [0.717, 1.165) is 23.5 Å². The minimum atomic E-state index is -0.419. The fraction of sp³-hybridized carbons (Fsp3) is 0.235. The van der Waals surface area contributed by atoms with Crippen molar-refractivity contribution in [3.05, 3.63) is 58.9 Å². The minimum Gasteiger partial charge on any atom is -0.496 e. The number of rotatable bonds is 5. The Hall–Kier alpha value is -2.69. The smallest absolute Gasteiger partial charge is 0.342 e. The molecule has 2 rings (SSSR count). The average Bonchev–Trinajstić information content (AvgIpc) is 2.58. The SMILES string of the molecule is CNC1=C(/C=C/c2cccc(OC)c2C(=O)OC)C=CCN1. The van der Waals surface area contributed by atoms with E-state index in [9.17, 15) is 4.79 Å². The van der Waals surface area contributed by atoms with Gasteiger partial charge < -0.3 is 20.1 Å². The van der Waals surface area contributed by atoms with Gasteiger partial charge in [0.15, 0.2) is 0 Å². The summed E-state index contributed by atoms with van der Waals surface area (Å²) in [6.07, 6.45) is 7.87. The van der Waals surface area contributed by atoms with Crippen molar-refractivity contribution in [2.24, 2.45) is 0 Å². The van der Waals surface area contributed by atoms with E-state index >= 15 is 0 Å². The van der Waals surface area contributed by atoms with Crippen molar-refractivity contribution in [3.63, 3.8) is 0 Å². The molecule has 0 aliphatic carbocycles. The maximum Gasteiger partial charge on any atom is 0.342 e. The molecule has 1 aromatic rings. The van der Waals surface area contributed by atoms with Crippen molar-refractivity contribution < 1.29 is 14.3 Å². The highest BCUT2D eigenvalue weighted by atomic mass is 16.5. The molecule has 2 N–H and O–H groups in total. The number of esters is 1. The number of hydrogen-bond donors (Lipinski definition) is 2. The number of benzene rings is 1. The maximum atomic E-state index is 12.0. The third-order valence-electron chi connectivity index (χ3n) is 3.34. The normalized spacial score (nSPS) is 14.0. The number of ether oxygens (including phenoxy) is 2. The minimum absolute atomic E-state index is 0.419. The molecule has 0 aromatic heterocycles. The lowest BCUT2D eigenvalue weighted by atomic mass is 10.0. The summed E-state index contributed by atoms with van der Waals surface area (Å²) in [5, 5.41) is 6.35. The Kier molecular flexibility index (Phi) is 5.25. The molecule has 0 radical (unpaired) electrons. The molecule has 0 bridgehead atoms. The second-order valence-corrected chi connectivity index (χ2v) is 4.61. The fourth-order valence-electron chi connectivity index (χ4n) is 2.26. The van der Waals surface area contributed by atoms with Crippen LogP contribution in [0.25, 0.3) is 6.08 Å². The van der Waals surface area contributed by atoms with Crippen molar-refractivity contribution in [2.45, 2.75) is 0 Å². The number of dihydropyridines is 1. The molecule has 0 saturated carbocycles. The first kappa shape index (κ1) is 15.7. The molecule has 1 aromatic carbocycles. The summed E-state index contributed by atoms with van der Waals surface area (Å²) in [5.41, 5.74) is 2.17. The summed E-state index contributed by atoms with van der Waals surface area (Å²) in [7, 11) is 4.75. The number of carbonyl (C=O) groups is 1. The first-order valence-corrected chi connectivity index (χ1v) is 6.97. The second kappa shape index (κ2) is 7.36. The predicted molar refractivity (Wildman–Crippen MR) is 86.6 cm³/mol. The van der Waals surface area contributed by atoms with E-state index in [1.165, 1.54) is 14.2 Å². The van der Waals surface area contributed by atoms with Gasteiger partial charge >= 0.3 is 5.97 Å². The van der Waals surface area contributed by atoms with Crippen molar-refractivity contribution in [1.29, 1.82) is 0 Å². The topological polar surface area (TPSA) is 59.6 Å². The fourth-order valence-corrected chi connectivity index (χ4v) is 2.26. The lowest BCUT2D eigenvalue weighted by molar-refractivity contribution is 0.0597. The zero-order valence-corrected chi connectivity index (χ0v) is 13.0. The third-order valence-corrected chi connectivity index (χ3v) is 3.34. The van der Waals surface area contributed by atoms with Crippen LogP contribution in [0.5, 0.6) is 5.75 Å². The Morgan fingerprint density at radius 3 is 2.82 bits per heavy atom. The van der Waals surface area contributed by atoms with Crippen LogP contribution in [0.2, 0.25) is 0 Å². The highest BCUT2D eigenvalue weighted by molar-refractivity contribution is 5.96. The van der Waals surface area contributed by atoms with Gasteiger partial charge in [0.25, 0.3) is 0 Å². The second-order valence-electron chi connectivity index (χ2n) is 4.61. The summed E-state index contributed by atoms with van der Waals surface area (Å²) in [6, 6.07) is 5.43.